The Morgan fingerprint density at radius 2 is 1.64 bits per heavy atom. The van der Waals surface area contributed by atoms with Crippen molar-refractivity contribution in [2.24, 2.45) is 5.92 Å². The van der Waals surface area contributed by atoms with Crippen molar-refractivity contribution in [1.29, 1.82) is 0 Å². The van der Waals surface area contributed by atoms with Crippen LogP contribution in [0.4, 0.5) is 0 Å². The predicted molar refractivity (Wildman–Crippen MR) is 125 cm³/mol. The van der Waals surface area contributed by atoms with Crippen LogP contribution in [0.2, 0.25) is 0 Å². The highest BCUT2D eigenvalue weighted by molar-refractivity contribution is 7.89. The highest BCUT2D eigenvalue weighted by Gasteiger charge is 2.39. The summed E-state index contributed by atoms with van der Waals surface area (Å²) in [6, 6.07) is 4.47. The second-order valence-electron chi connectivity index (χ2n) is 9.15. The van der Waals surface area contributed by atoms with Crippen molar-refractivity contribution in [3.8, 4) is 11.5 Å². The number of hydrogen-bond acceptors (Lipinski definition) is 7. The van der Waals surface area contributed by atoms with Gasteiger partial charge < -0.3 is 19.1 Å². The minimum atomic E-state index is -3.79. The second-order valence-corrected chi connectivity index (χ2v) is 11.1. The van der Waals surface area contributed by atoms with Gasteiger partial charge >= 0.3 is 0 Å². The summed E-state index contributed by atoms with van der Waals surface area (Å²) >= 11 is 0. The quantitative estimate of drug-likeness (QED) is 0.583. The minimum Gasteiger partial charge on any atom is -0.497 e. The first-order chi connectivity index (χ1) is 15.6. The molecule has 0 saturated carbocycles. The smallest absolute Gasteiger partial charge is 0.247 e. The van der Waals surface area contributed by atoms with Crippen LogP contribution in [0.3, 0.4) is 0 Å². The summed E-state index contributed by atoms with van der Waals surface area (Å²) in [7, 11) is -0.864. The van der Waals surface area contributed by atoms with Crippen LogP contribution in [0.25, 0.3) is 0 Å². The molecule has 33 heavy (non-hydrogen) atoms. The third-order valence-electron chi connectivity index (χ3n) is 6.26. The minimum absolute atomic E-state index is 0.0577. The number of rotatable bonds is 7. The Morgan fingerprint density at radius 3 is 2.15 bits per heavy atom. The lowest BCUT2D eigenvalue weighted by atomic mass is 9.98. The molecule has 0 spiro atoms. The van der Waals surface area contributed by atoms with E-state index in [1.807, 2.05) is 13.8 Å². The number of methoxy groups -OCH3 is 2. The molecule has 9 nitrogen and oxygen atoms in total. The van der Waals surface area contributed by atoms with E-state index in [1.165, 1.54) is 24.6 Å². The normalized spacial score (nSPS) is 24.0. The highest BCUT2D eigenvalue weighted by atomic mass is 32.2. The van der Waals surface area contributed by atoms with Crippen LogP contribution in [-0.2, 0) is 19.6 Å². The molecule has 3 rings (SSSR count). The van der Waals surface area contributed by atoms with Crippen molar-refractivity contribution in [3.05, 3.63) is 18.2 Å². The van der Waals surface area contributed by atoms with Gasteiger partial charge in [0, 0.05) is 45.3 Å². The summed E-state index contributed by atoms with van der Waals surface area (Å²) in [5.41, 5.74) is 0. The zero-order valence-electron chi connectivity index (χ0n) is 20.5. The van der Waals surface area contributed by atoms with E-state index >= 15 is 0 Å². The van der Waals surface area contributed by atoms with Crippen LogP contribution in [0.5, 0.6) is 11.5 Å². The number of sulfonamides is 1. The summed E-state index contributed by atoms with van der Waals surface area (Å²) in [6.07, 6.45) is 0.144. The van der Waals surface area contributed by atoms with Crippen LogP contribution in [0.1, 0.15) is 27.7 Å². The molecule has 2 saturated heterocycles. The largest absolute Gasteiger partial charge is 0.497 e. The predicted octanol–water partition coefficient (Wildman–Crippen LogP) is 1.67. The first kappa shape index (κ1) is 25.7. The molecule has 10 heteroatoms. The summed E-state index contributed by atoms with van der Waals surface area (Å²) < 4.78 is 44.4. The van der Waals surface area contributed by atoms with E-state index in [9.17, 15) is 13.2 Å². The molecule has 1 aromatic carbocycles. The SMILES string of the molecule is COc1ccc(OC)c(S(=O)(=O)N2CCN(C(=O)C(C(C)C)N3CC(C)OC(C)C3)CC2)c1. The van der Waals surface area contributed by atoms with Gasteiger partial charge in [-0.2, -0.15) is 4.31 Å². The van der Waals surface area contributed by atoms with Gasteiger partial charge in [-0.15, -0.1) is 0 Å². The Morgan fingerprint density at radius 1 is 1.03 bits per heavy atom. The summed E-state index contributed by atoms with van der Waals surface area (Å²) in [5, 5.41) is 0. The molecular weight excluding hydrogens is 446 g/mol. The second kappa shape index (κ2) is 10.6. The molecule has 186 valence electrons. The number of hydrogen-bond donors (Lipinski definition) is 0. The summed E-state index contributed by atoms with van der Waals surface area (Å²) in [5.74, 6) is 0.904. The standard InChI is InChI=1S/C23H37N3O6S/c1-16(2)22(25-14-17(3)32-18(4)15-25)23(27)24-9-11-26(12-10-24)33(28,29)21-13-19(30-5)7-8-20(21)31-6/h7-8,13,16-18,22H,9-12,14-15H2,1-6H3. The van der Waals surface area contributed by atoms with Crippen LogP contribution in [0, 0.1) is 5.92 Å². The number of amides is 1. The fourth-order valence-electron chi connectivity index (χ4n) is 4.77. The van der Waals surface area contributed by atoms with E-state index < -0.39 is 10.0 Å². The first-order valence-electron chi connectivity index (χ1n) is 11.5. The van der Waals surface area contributed by atoms with Gasteiger partial charge in [-0.05, 0) is 31.9 Å². The average Bonchev–Trinajstić information content (AvgIpc) is 2.77. The zero-order valence-corrected chi connectivity index (χ0v) is 21.3. The molecule has 1 aromatic rings. The molecule has 2 aliphatic rings. The number of piperazine rings is 1. The van der Waals surface area contributed by atoms with Gasteiger partial charge in [0.05, 0.1) is 32.5 Å². The topological polar surface area (TPSA) is 88.6 Å². The average molecular weight is 484 g/mol. The number of ether oxygens (including phenoxy) is 3. The molecule has 3 unspecified atom stereocenters. The molecule has 2 fully saturated rings. The van der Waals surface area contributed by atoms with Gasteiger partial charge in [0.1, 0.15) is 16.4 Å². The third-order valence-corrected chi connectivity index (χ3v) is 8.18. The zero-order chi connectivity index (χ0) is 24.3. The van der Waals surface area contributed by atoms with Gasteiger partial charge in [-0.3, -0.25) is 9.69 Å². The van der Waals surface area contributed by atoms with Crippen molar-refractivity contribution in [2.75, 3.05) is 53.5 Å². The van der Waals surface area contributed by atoms with Crippen molar-refractivity contribution >= 4 is 15.9 Å². The number of carbonyl (C=O) groups is 1. The summed E-state index contributed by atoms with van der Waals surface area (Å²) in [4.78, 5) is 17.6. The Labute approximate surface area is 197 Å². The third kappa shape index (κ3) is 5.62. The van der Waals surface area contributed by atoms with E-state index in [-0.39, 0.29) is 53.8 Å². The Balaban J connectivity index is 1.72. The lowest BCUT2D eigenvalue weighted by Crippen LogP contribution is -2.60. The van der Waals surface area contributed by atoms with E-state index in [4.69, 9.17) is 14.2 Å². The molecule has 0 aliphatic carbocycles. The van der Waals surface area contributed by atoms with Gasteiger partial charge in [0.25, 0.3) is 0 Å². The van der Waals surface area contributed by atoms with Gasteiger partial charge in [0.15, 0.2) is 0 Å². The fourth-order valence-corrected chi connectivity index (χ4v) is 6.36. The molecule has 0 N–H and O–H groups in total. The number of nitrogens with zero attached hydrogens (tertiary/aromatic N) is 3. The number of morpholine rings is 1. The molecular formula is C23H37N3O6S. The molecule has 0 aromatic heterocycles. The van der Waals surface area contributed by atoms with E-state index in [1.54, 1.807) is 17.0 Å². The lowest BCUT2D eigenvalue weighted by Gasteiger charge is -2.44. The van der Waals surface area contributed by atoms with Crippen molar-refractivity contribution in [2.45, 2.75) is 50.8 Å². The van der Waals surface area contributed by atoms with Crippen LogP contribution >= 0.6 is 0 Å². The Hall–Kier alpha value is -1.88. The summed E-state index contributed by atoms with van der Waals surface area (Å²) in [6.45, 7) is 10.8. The maximum atomic E-state index is 13.5. The maximum absolute atomic E-state index is 13.5. The molecule has 1 amide bonds. The van der Waals surface area contributed by atoms with Crippen molar-refractivity contribution in [3.63, 3.8) is 0 Å². The van der Waals surface area contributed by atoms with Crippen molar-refractivity contribution < 1.29 is 27.4 Å². The van der Waals surface area contributed by atoms with Crippen molar-refractivity contribution in [1.82, 2.24) is 14.1 Å². The highest BCUT2D eigenvalue weighted by Crippen LogP contribution is 2.31. The van der Waals surface area contributed by atoms with Crippen LogP contribution in [0.15, 0.2) is 23.1 Å². The van der Waals surface area contributed by atoms with Crippen LogP contribution in [-0.4, -0.2) is 100 Å². The Kier molecular flexibility index (Phi) is 8.26. The van der Waals surface area contributed by atoms with E-state index in [2.05, 4.69) is 18.7 Å². The molecule has 0 radical (unpaired) electrons. The lowest BCUT2D eigenvalue weighted by molar-refractivity contribution is -0.146. The molecule has 2 aliphatic heterocycles. The molecule has 3 atom stereocenters. The first-order valence-corrected chi connectivity index (χ1v) is 12.9. The van der Waals surface area contributed by atoms with Gasteiger partial charge in [-0.25, -0.2) is 8.42 Å². The van der Waals surface area contributed by atoms with E-state index in [0.29, 0.717) is 31.9 Å². The molecule has 2 heterocycles. The maximum Gasteiger partial charge on any atom is 0.247 e. The fraction of sp³-hybridized carbons (Fsp3) is 0.696. The van der Waals surface area contributed by atoms with Gasteiger partial charge in [-0.1, -0.05) is 13.8 Å². The molecule has 0 bridgehead atoms. The van der Waals surface area contributed by atoms with Gasteiger partial charge in [0.2, 0.25) is 15.9 Å². The van der Waals surface area contributed by atoms with Crippen LogP contribution < -0.4 is 9.47 Å². The number of carbonyl (C=O) groups excluding carboxylic acids is 1. The monoisotopic (exact) mass is 483 g/mol. The van der Waals surface area contributed by atoms with E-state index in [0.717, 1.165) is 0 Å². The Bertz CT molecular complexity index is 920. The number of benzene rings is 1.